The number of halogens is 1. The zero-order valence-electron chi connectivity index (χ0n) is 15.4. The molecule has 0 aliphatic carbocycles. The fraction of sp³-hybridized carbons (Fsp3) is 0.562. The first kappa shape index (κ1) is 19.8. The van der Waals surface area contributed by atoms with E-state index in [4.69, 9.17) is 11.6 Å². The van der Waals surface area contributed by atoms with Gasteiger partial charge in [-0.1, -0.05) is 11.6 Å². The molecule has 0 spiro atoms. The van der Waals surface area contributed by atoms with Gasteiger partial charge in [-0.05, 0) is 19.4 Å². The van der Waals surface area contributed by atoms with E-state index in [1.807, 2.05) is 13.2 Å². The van der Waals surface area contributed by atoms with E-state index in [-0.39, 0.29) is 11.8 Å². The van der Waals surface area contributed by atoms with E-state index in [1.165, 1.54) is 6.26 Å². The minimum Gasteiger partial charge on any atom is -0.367 e. The van der Waals surface area contributed by atoms with Crippen LogP contribution in [0.1, 0.15) is 12.8 Å². The number of nitrogens with one attached hydrogen (secondary N) is 2. The molecule has 9 nitrogen and oxygen atoms in total. The Hall–Kier alpha value is -1.91. The lowest BCUT2D eigenvalue weighted by atomic mass is 10.2. The highest BCUT2D eigenvalue weighted by Gasteiger charge is 2.25. The smallest absolute Gasteiger partial charge is 0.229 e. The van der Waals surface area contributed by atoms with Gasteiger partial charge in [0.15, 0.2) is 5.82 Å². The summed E-state index contributed by atoms with van der Waals surface area (Å²) >= 11 is 6.22. The second kappa shape index (κ2) is 8.41. The van der Waals surface area contributed by atoms with Crippen molar-refractivity contribution in [2.45, 2.75) is 18.9 Å². The second-order valence-electron chi connectivity index (χ2n) is 6.76. The van der Waals surface area contributed by atoms with E-state index in [1.54, 1.807) is 17.1 Å². The molecule has 1 saturated heterocycles. The molecule has 1 aliphatic heterocycles. The summed E-state index contributed by atoms with van der Waals surface area (Å²) in [4.78, 5) is 10.8. The summed E-state index contributed by atoms with van der Waals surface area (Å²) in [5.41, 5.74) is 0.786. The monoisotopic (exact) mass is 413 g/mol. The van der Waals surface area contributed by atoms with Crippen LogP contribution in [0.3, 0.4) is 0 Å². The summed E-state index contributed by atoms with van der Waals surface area (Å²) in [7, 11) is -1.13. The van der Waals surface area contributed by atoms with Gasteiger partial charge >= 0.3 is 0 Å². The Morgan fingerprint density at radius 3 is 2.89 bits per heavy atom. The standard InChI is InChI=1S/C16H24ClN7O2S/c1-23-11-12(8-20-23)21-16-19-10-14(17)15(22-16)18-9-13-4-3-5-24(13)6-7-27(2,25)26/h8,10-11,13H,3-7,9H2,1-2H3,(H2,18,19,21,22). The number of rotatable bonds is 8. The van der Waals surface area contributed by atoms with Crippen LogP contribution in [0.15, 0.2) is 18.6 Å². The van der Waals surface area contributed by atoms with Crippen molar-refractivity contribution in [2.75, 3.05) is 42.3 Å². The van der Waals surface area contributed by atoms with Gasteiger partial charge in [0.25, 0.3) is 0 Å². The lowest BCUT2D eigenvalue weighted by Gasteiger charge is -2.24. The zero-order chi connectivity index (χ0) is 19.4. The van der Waals surface area contributed by atoms with Crippen molar-refractivity contribution in [3.8, 4) is 0 Å². The third-order valence-electron chi connectivity index (χ3n) is 4.46. The van der Waals surface area contributed by atoms with E-state index in [2.05, 4.69) is 30.6 Å². The van der Waals surface area contributed by atoms with Crippen LogP contribution in [0, 0.1) is 0 Å². The minimum atomic E-state index is -2.96. The lowest BCUT2D eigenvalue weighted by molar-refractivity contribution is 0.278. The fourth-order valence-electron chi connectivity index (χ4n) is 3.08. The molecule has 1 aliphatic rings. The molecule has 1 fully saturated rings. The number of anilines is 3. The van der Waals surface area contributed by atoms with Gasteiger partial charge in [-0.15, -0.1) is 0 Å². The first-order valence-electron chi connectivity index (χ1n) is 8.74. The highest BCUT2D eigenvalue weighted by Crippen LogP contribution is 2.23. The molecule has 0 saturated carbocycles. The molecular formula is C16H24ClN7O2S. The molecule has 2 aromatic heterocycles. The van der Waals surface area contributed by atoms with Crippen molar-refractivity contribution in [2.24, 2.45) is 7.05 Å². The van der Waals surface area contributed by atoms with Gasteiger partial charge in [0.1, 0.15) is 14.9 Å². The van der Waals surface area contributed by atoms with Crippen molar-refractivity contribution >= 4 is 38.9 Å². The van der Waals surface area contributed by atoms with Crippen molar-refractivity contribution < 1.29 is 8.42 Å². The largest absolute Gasteiger partial charge is 0.367 e. The van der Waals surface area contributed by atoms with Crippen molar-refractivity contribution in [1.82, 2.24) is 24.6 Å². The van der Waals surface area contributed by atoms with Crippen LogP contribution in [0.5, 0.6) is 0 Å². The topological polar surface area (TPSA) is 105 Å². The number of sulfone groups is 1. The van der Waals surface area contributed by atoms with Gasteiger partial charge in [-0.2, -0.15) is 10.1 Å². The summed E-state index contributed by atoms with van der Waals surface area (Å²) in [6.07, 6.45) is 8.40. The normalized spacial score (nSPS) is 18.0. The molecule has 11 heteroatoms. The van der Waals surface area contributed by atoms with Gasteiger partial charge in [-0.3, -0.25) is 9.58 Å². The molecule has 1 atom stereocenters. The Labute approximate surface area is 164 Å². The molecule has 2 N–H and O–H groups in total. The number of hydrogen-bond acceptors (Lipinski definition) is 8. The van der Waals surface area contributed by atoms with Crippen LogP contribution in [0.25, 0.3) is 0 Å². The number of aromatic nitrogens is 4. The van der Waals surface area contributed by atoms with Crippen molar-refractivity contribution in [3.05, 3.63) is 23.6 Å². The lowest BCUT2D eigenvalue weighted by Crippen LogP contribution is -2.38. The maximum atomic E-state index is 11.4. The molecular weight excluding hydrogens is 390 g/mol. The van der Waals surface area contributed by atoms with E-state index >= 15 is 0 Å². The Morgan fingerprint density at radius 2 is 2.19 bits per heavy atom. The van der Waals surface area contributed by atoms with Gasteiger partial charge in [-0.25, -0.2) is 13.4 Å². The predicted molar refractivity (Wildman–Crippen MR) is 106 cm³/mol. The average Bonchev–Trinajstić information content (AvgIpc) is 3.21. The number of aryl methyl sites for hydroxylation is 1. The highest BCUT2D eigenvalue weighted by molar-refractivity contribution is 7.90. The molecule has 0 aromatic carbocycles. The van der Waals surface area contributed by atoms with E-state index in [0.29, 0.717) is 29.9 Å². The summed E-state index contributed by atoms with van der Waals surface area (Å²) < 4.78 is 24.5. The van der Waals surface area contributed by atoms with Crippen molar-refractivity contribution in [1.29, 1.82) is 0 Å². The molecule has 0 amide bonds. The van der Waals surface area contributed by atoms with Crippen LogP contribution in [0.4, 0.5) is 17.5 Å². The molecule has 0 bridgehead atoms. The number of hydrogen-bond donors (Lipinski definition) is 2. The molecule has 0 radical (unpaired) electrons. The number of nitrogens with zero attached hydrogens (tertiary/aromatic N) is 5. The predicted octanol–water partition coefficient (Wildman–Crippen LogP) is 1.53. The Kier molecular flexibility index (Phi) is 6.18. The van der Waals surface area contributed by atoms with Gasteiger partial charge in [0.2, 0.25) is 5.95 Å². The van der Waals surface area contributed by atoms with E-state index in [9.17, 15) is 8.42 Å². The zero-order valence-corrected chi connectivity index (χ0v) is 17.0. The third-order valence-corrected chi connectivity index (χ3v) is 5.66. The van der Waals surface area contributed by atoms with Crippen molar-refractivity contribution in [3.63, 3.8) is 0 Å². The van der Waals surface area contributed by atoms with Crippen LogP contribution in [-0.2, 0) is 16.9 Å². The molecule has 2 aromatic rings. The summed E-state index contributed by atoms with van der Waals surface area (Å²) in [5.74, 6) is 1.15. The number of likely N-dealkylation sites (tertiary alicyclic amines) is 1. The molecule has 1 unspecified atom stereocenters. The Bertz CT molecular complexity index is 887. The van der Waals surface area contributed by atoms with Gasteiger partial charge in [0.05, 0.1) is 23.8 Å². The van der Waals surface area contributed by atoms with Crippen LogP contribution < -0.4 is 10.6 Å². The molecule has 3 heterocycles. The fourth-order valence-corrected chi connectivity index (χ4v) is 3.81. The van der Waals surface area contributed by atoms with Gasteiger partial charge in [0, 0.05) is 38.6 Å². The summed E-state index contributed by atoms with van der Waals surface area (Å²) in [5, 5.41) is 10.9. The van der Waals surface area contributed by atoms with Gasteiger partial charge < -0.3 is 10.6 Å². The SMILES string of the molecule is Cn1cc(Nc2ncc(Cl)c(NCC3CCCN3CCS(C)(=O)=O)n2)cn1. The highest BCUT2D eigenvalue weighted by atomic mass is 35.5. The van der Waals surface area contributed by atoms with Crippen LogP contribution in [-0.4, -0.2) is 70.8 Å². The van der Waals surface area contributed by atoms with E-state index < -0.39 is 9.84 Å². The third kappa shape index (κ3) is 5.78. The Balaban J connectivity index is 1.60. The van der Waals surface area contributed by atoms with Crippen LogP contribution in [0.2, 0.25) is 5.02 Å². The quantitative estimate of drug-likeness (QED) is 0.671. The first-order chi connectivity index (χ1) is 12.8. The summed E-state index contributed by atoms with van der Waals surface area (Å²) in [6.45, 7) is 2.11. The maximum Gasteiger partial charge on any atom is 0.229 e. The van der Waals surface area contributed by atoms with E-state index in [0.717, 1.165) is 25.1 Å². The second-order valence-corrected chi connectivity index (χ2v) is 9.43. The van der Waals surface area contributed by atoms with Crippen LogP contribution >= 0.6 is 11.6 Å². The maximum absolute atomic E-state index is 11.4. The Morgan fingerprint density at radius 1 is 1.37 bits per heavy atom. The minimum absolute atomic E-state index is 0.178. The molecule has 148 valence electrons. The molecule has 27 heavy (non-hydrogen) atoms. The first-order valence-corrected chi connectivity index (χ1v) is 11.2. The average molecular weight is 414 g/mol. The summed E-state index contributed by atoms with van der Waals surface area (Å²) in [6, 6.07) is 0.257. The molecule has 3 rings (SSSR count).